The van der Waals surface area contributed by atoms with Crippen LogP contribution in [0.1, 0.15) is 24.8 Å². The van der Waals surface area contributed by atoms with E-state index in [1.165, 1.54) is 0 Å². The third-order valence-corrected chi connectivity index (χ3v) is 4.79. The van der Waals surface area contributed by atoms with Crippen LogP contribution >= 0.6 is 31.9 Å². The van der Waals surface area contributed by atoms with Crippen LogP contribution in [0.15, 0.2) is 26.2 Å². The van der Waals surface area contributed by atoms with Crippen LogP contribution in [-0.4, -0.2) is 49.0 Å². The highest BCUT2D eigenvalue weighted by molar-refractivity contribution is 9.11. The summed E-state index contributed by atoms with van der Waals surface area (Å²) < 4.78 is 7.14. The molecular formula is C17H26Br2N6O3. The fourth-order valence-corrected chi connectivity index (χ4v) is 3.75. The second kappa shape index (κ2) is 13.3. The van der Waals surface area contributed by atoms with Crippen molar-refractivity contribution in [3.05, 3.63) is 26.6 Å². The number of nitrogens with zero attached hydrogens (tertiary/aromatic N) is 1. The van der Waals surface area contributed by atoms with Gasteiger partial charge < -0.3 is 32.0 Å². The van der Waals surface area contributed by atoms with E-state index in [1.54, 1.807) is 0 Å². The molecule has 8 N–H and O–H groups in total. The van der Waals surface area contributed by atoms with Crippen LogP contribution in [0.3, 0.4) is 0 Å². The van der Waals surface area contributed by atoms with Crippen molar-refractivity contribution in [1.82, 2.24) is 10.6 Å². The first kappa shape index (κ1) is 24.2. The van der Waals surface area contributed by atoms with E-state index in [-0.39, 0.29) is 18.1 Å². The summed E-state index contributed by atoms with van der Waals surface area (Å²) in [6.45, 7) is 2.04. The van der Waals surface area contributed by atoms with Gasteiger partial charge in [-0.15, -0.1) is 0 Å². The summed E-state index contributed by atoms with van der Waals surface area (Å²) >= 11 is 6.91. The van der Waals surface area contributed by atoms with Gasteiger partial charge in [0.1, 0.15) is 11.5 Å². The number of nitrogens with one attached hydrogen (secondary N) is 3. The van der Waals surface area contributed by atoms with Crippen LogP contribution < -0.4 is 26.8 Å². The zero-order valence-corrected chi connectivity index (χ0v) is 18.6. The minimum Gasteiger partial charge on any atom is -0.491 e. The van der Waals surface area contributed by atoms with Crippen molar-refractivity contribution in [2.24, 2.45) is 16.6 Å². The maximum Gasteiger partial charge on any atom is 0.269 e. The molecule has 0 heterocycles. The summed E-state index contributed by atoms with van der Waals surface area (Å²) in [6.07, 6.45) is 2.36. The number of unbranched alkanes of at least 4 members (excludes halogenated alkanes) is 1. The standard InChI is InChI=1S/C17H26Br2N6O3/c18-12-8-11(9-13(19)15(12)28-7-3-4-20)10-14(25-27)16(26)23-5-1-2-6-24-17(21)22/h8-9,27H,1-7,10,20H2,(H,23,26)(H4,21,22,24). The van der Waals surface area contributed by atoms with Crippen LogP contribution in [-0.2, 0) is 11.2 Å². The molecule has 1 aromatic carbocycles. The average molecular weight is 522 g/mol. The molecule has 11 heteroatoms. The Hall–Kier alpha value is -1.85. The second-order valence-electron chi connectivity index (χ2n) is 5.91. The third-order valence-electron chi connectivity index (χ3n) is 3.61. The van der Waals surface area contributed by atoms with Crippen LogP contribution in [0.5, 0.6) is 5.75 Å². The van der Waals surface area contributed by atoms with E-state index >= 15 is 0 Å². The predicted molar refractivity (Wildman–Crippen MR) is 116 cm³/mol. The first-order valence-corrected chi connectivity index (χ1v) is 10.4. The van der Waals surface area contributed by atoms with Gasteiger partial charge in [0.15, 0.2) is 5.96 Å². The van der Waals surface area contributed by atoms with Gasteiger partial charge in [-0.25, -0.2) is 0 Å². The Balaban J connectivity index is 2.57. The maximum atomic E-state index is 12.2. The summed E-state index contributed by atoms with van der Waals surface area (Å²) in [6, 6.07) is 3.63. The molecule has 1 rings (SSSR count). The number of rotatable bonds is 12. The molecule has 0 spiro atoms. The number of nitrogens with two attached hydrogens (primary N) is 2. The molecule has 156 valence electrons. The normalized spacial score (nSPS) is 11.2. The highest BCUT2D eigenvalue weighted by Gasteiger charge is 2.15. The number of ether oxygens (including phenoxy) is 1. The van der Waals surface area contributed by atoms with Crippen molar-refractivity contribution < 1.29 is 14.7 Å². The van der Waals surface area contributed by atoms with Crippen LogP contribution in [0.25, 0.3) is 0 Å². The summed E-state index contributed by atoms with van der Waals surface area (Å²) in [7, 11) is 0. The number of carbonyl (C=O) groups is 1. The van der Waals surface area contributed by atoms with Gasteiger partial charge in [-0.05, 0) is 75.4 Å². The van der Waals surface area contributed by atoms with Gasteiger partial charge in [0.25, 0.3) is 5.91 Å². The van der Waals surface area contributed by atoms with Gasteiger partial charge in [0.05, 0.1) is 15.6 Å². The number of benzene rings is 1. The van der Waals surface area contributed by atoms with Gasteiger partial charge in [0, 0.05) is 19.5 Å². The molecule has 9 nitrogen and oxygen atoms in total. The highest BCUT2D eigenvalue weighted by atomic mass is 79.9. The number of hydrogen-bond donors (Lipinski definition) is 6. The lowest BCUT2D eigenvalue weighted by Gasteiger charge is -2.12. The van der Waals surface area contributed by atoms with Gasteiger partial charge in [-0.3, -0.25) is 10.2 Å². The molecule has 0 unspecified atom stereocenters. The summed E-state index contributed by atoms with van der Waals surface area (Å²) in [4.78, 5) is 12.2. The Morgan fingerprint density at radius 3 is 2.32 bits per heavy atom. The number of amides is 1. The van der Waals surface area contributed by atoms with Crippen LogP contribution in [0.2, 0.25) is 0 Å². The summed E-state index contributed by atoms with van der Waals surface area (Å²) in [5.74, 6) is 0.146. The lowest BCUT2D eigenvalue weighted by molar-refractivity contribution is -0.115. The number of hydrogen-bond acceptors (Lipinski definition) is 6. The lowest BCUT2D eigenvalue weighted by atomic mass is 10.1. The van der Waals surface area contributed by atoms with Gasteiger partial charge in [-0.1, -0.05) is 5.16 Å². The summed E-state index contributed by atoms with van der Waals surface area (Å²) in [5, 5.41) is 24.8. The molecule has 1 aromatic rings. The number of guanidine groups is 1. The van der Waals surface area contributed by atoms with Crippen molar-refractivity contribution >= 4 is 49.4 Å². The second-order valence-corrected chi connectivity index (χ2v) is 7.61. The minimum atomic E-state index is -0.433. The van der Waals surface area contributed by atoms with Crippen molar-refractivity contribution in [3.63, 3.8) is 0 Å². The van der Waals surface area contributed by atoms with Crippen molar-refractivity contribution in [2.75, 3.05) is 26.2 Å². The van der Waals surface area contributed by atoms with E-state index in [9.17, 15) is 10.0 Å². The Labute approximate surface area is 181 Å². The van der Waals surface area contributed by atoms with Crippen molar-refractivity contribution in [3.8, 4) is 5.75 Å². The van der Waals surface area contributed by atoms with E-state index in [1.807, 2.05) is 12.1 Å². The molecule has 0 aliphatic rings. The van der Waals surface area contributed by atoms with E-state index in [4.69, 9.17) is 21.6 Å². The van der Waals surface area contributed by atoms with E-state index in [0.29, 0.717) is 38.4 Å². The average Bonchev–Trinajstić information content (AvgIpc) is 2.64. The highest BCUT2D eigenvalue weighted by Crippen LogP contribution is 2.35. The first-order chi connectivity index (χ1) is 13.4. The first-order valence-electron chi connectivity index (χ1n) is 8.76. The molecule has 0 saturated heterocycles. The van der Waals surface area contributed by atoms with Gasteiger partial charge >= 0.3 is 0 Å². The van der Waals surface area contributed by atoms with Crippen molar-refractivity contribution in [1.29, 1.82) is 5.41 Å². The molecule has 0 saturated carbocycles. The number of halogens is 2. The zero-order valence-electron chi connectivity index (χ0n) is 15.4. The lowest BCUT2D eigenvalue weighted by Crippen LogP contribution is -2.34. The number of carbonyl (C=O) groups excluding carboxylic acids is 1. The van der Waals surface area contributed by atoms with Crippen LogP contribution in [0.4, 0.5) is 0 Å². The molecule has 0 aromatic heterocycles. The van der Waals surface area contributed by atoms with Crippen LogP contribution in [0, 0.1) is 5.41 Å². The molecule has 0 fully saturated rings. The molecule has 0 radical (unpaired) electrons. The third kappa shape index (κ3) is 8.89. The predicted octanol–water partition coefficient (Wildman–Crippen LogP) is 1.69. The fourth-order valence-electron chi connectivity index (χ4n) is 2.24. The molecule has 0 aliphatic heterocycles. The van der Waals surface area contributed by atoms with Gasteiger partial charge in [0.2, 0.25) is 0 Å². The molecule has 0 bridgehead atoms. The SMILES string of the molecule is N=C(N)NCCCCNC(=O)C(Cc1cc(Br)c(OCCCN)c(Br)c1)=NO. The Morgan fingerprint density at radius 1 is 1.18 bits per heavy atom. The van der Waals surface area contributed by atoms with Crippen molar-refractivity contribution in [2.45, 2.75) is 25.7 Å². The quantitative estimate of drug-likeness (QED) is 0.0806. The Kier molecular flexibility index (Phi) is 11.5. The Morgan fingerprint density at radius 2 is 1.79 bits per heavy atom. The number of oxime groups is 1. The fraction of sp³-hybridized carbons (Fsp3) is 0.471. The minimum absolute atomic E-state index is 0.0115. The molecular weight excluding hydrogens is 496 g/mol. The van der Waals surface area contributed by atoms with E-state index in [0.717, 1.165) is 27.4 Å². The molecule has 0 atom stereocenters. The maximum absolute atomic E-state index is 12.2. The molecule has 28 heavy (non-hydrogen) atoms. The summed E-state index contributed by atoms with van der Waals surface area (Å²) in [5.41, 5.74) is 11.4. The molecule has 1 amide bonds. The topological polar surface area (TPSA) is 159 Å². The largest absolute Gasteiger partial charge is 0.491 e. The van der Waals surface area contributed by atoms with E-state index in [2.05, 4.69) is 47.6 Å². The molecule has 0 aliphatic carbocycles. The monoisotopic (exact) mass is 520 g/mol. The van der Waals surface area contributed by atoms with E-state index < -0.39 is 5.91 Å². The Bertz CT molecular complexity index is 676. The van der Waals surface area contributed by atoms with Gasteiger partial charge in [-0.2, -0.15) is 0 Å². The smallest absolute Gasteiger partial charge is 0.269 e. The zero-order chi connectivity index (χ0) is 20.9.